The molecule has 1 aliphatic rings. The van der Waals surface area contributed by atoms with Gasteiger partial charge < -0.3 is 5.32 Å². The van der Waals surface area contributed by atoms with Crippen LogP contribution in [0.4, 0.5) is 5.69 Å². The number of rotatable bonds is 4. The van der Waals surface area contributed by atoms with E-state index in [1.807, 2.05) is 25.1 Å². The second-order valence-electron chi connectivity index (χ2n) is 6.62. The molecule has 0 bridgehead atoms. The summed E-state index contributed by atoms with van der Waals surface area (Å²) in [7, 11) is 0. The molecule has 0 atom stereocenters. The summed E-state index contributed by atoms with van der Waals surface area (Å²) >= 11 is 6.12. The van der Waals surface area contributed by atoms with Crippen molar-refractivity contribution in [2.45, 2.75) is 26.8 Å². The molecule has 0 fully saturated rings. The van der Waals surface area contributed by atoms with Crippen molar-refractivity contribution >= 4 is 23.2 Å². The van der Waals surface area contributed by atoms with Crippen molar-refractivity contribution in [2.75, 3.05) is 18.4 Å². The molecule has 0 unspecified atom stereocenters. The molecule has 1 heterocycles. The number of hydrogen-bond acceptors (Lipinski definition) is 2. The van der Waals surface area contributed by atoms with Crippen LogP contribution in [-0.4, -0.2) is 23.9 Å². The molecule has 1 amide bonds. The lowest BCUT2D eigenvalue weighted by molar-refractivity contribution is -0.113. The minimum atomic E-state index is -0.0323. The first-order valence-electron chi connectivity index (χ1n) is 8.56. The Morgan fingerprint density at radius 1 is 1.20 bits per heavy atom. The van der Waals surface area contributed by atoms with Crippen LogP contribution in [0.15, 0.2) is 54.1 Å². The van der Waals surface area contributed by atoms with Gasteiger partial charge in [-0.15, -0.1) is 0 Å². The quantitative estimate of drug-likeness (QED) is 0.861. The number of benzene rings is 2. The van der Waals surface area contributed by atoms with Gasteiger partial charge in [-0.3, -0.25) is 9.69 Å². The molecule has 0 spiro atoms. The second-order valence-corrected chi connectivity index (χ2v) is 7.03. The van der Waals surface area contributed by atoms with Crippen LogP contribution in [0.2, 0.25) is 5.02 Å². The highest BCUT2D eigenvalue weighted by atomic mass is 35.5. The number of carbonyl (C=O) groups is 1. The summed E-state index contributed by atoms with van der Waals surface area (Å²) in [4.78, 5) is 14.8. The molecular formula is C21H23ClN2O. The minimum absolute atomic E-state index is 0.0323. The standard InChI is InChI=1S/C21H23ClN2O/c1-15-4-3-5-17(12-15)14-24-10-8-18(9-11-24)21(25)23-19-7-6-16(2)20(22)13-19/h3-8,12-13H,9-11,14H2,1-2H3,(H,23,25). The van der Waals surface area contributed by atoms with Gasteiger partial charge in [0.1, 0.15) is 0 Å². The van der Waals surface area contributed by atoms with Gasteiger partial charge in [-0.05, 0) is 43.5 Å². The van der Waals surface area contributed by atoms with Gasteiger partial charge in [0.25, 0.3) is 5.91 Å². The largest absolute Gasteiger partial charge is 0.322 e. The van der Waals surface area contributed by atoms with Crippen LogP contribution in [0.5, 0.6) is 0 Å². The van der Waals surface area contributed by atoms with Crippen molar-refractivity contribution in [2.24, 2.45) is 0 Å². The van der Waals surface area contributed by atoms with Crippen LogP contribution in [-0.2, 0) is 11.3 Å². The predicted octanol–water partition coefficient (Wildman–Crippen LogP) is 4.73. The van der Waals surface area contributed by atoms with Gasteiger partial charge in [0, 0.05) is 35.9 Å². The Bertz CT molecular complexity index is 813. The summed E-state index contributed by atoms with van der Waals surface area (Å²) in [6.07, 6.45) is 2.79. The molecule has 3 rings (SSSR count). The van der Waals surface area contributed by atoms with Gasteiger partial charge in [-0.25, -0.2) is 0 Å². The molecule has 25 heavy (non-hydrogen) atoms. The van der Waals surface area contributed by atoms with Crippen molar-refractivity contribution < 1.29 is 4.79 Å². The summed E-state index contributed by atoms with van der Waals surface area (Å²) < 4.78 is 0. The lowest BCUT2D eigenvalue weighted by atomic mass is 10.1. The van der Waals surface area contributed by atoms with Crippen LogP contribution in [0.25, 0.3) is 0 Å². The van der Waals surface area contributed by atoms with E-state index in [2.05, 4.69) is 41.4 Å². The Balaban J connectivity index is 1.58. The topological polar surface area (TPSA) is 32.3 Å². The van der Waals surface area contributed by atoms with E-state index < -0.39 is 0 Å². The van der Waals surface area contributed by atoms with E-state index in [9.17, 15) is 4.79 Å². The van der Waals surface area contributed by atoms with E-state index in [-0.39, 0.29) is 5.91 Å². The first-order valence-corrected chi connectivity index (χ1v) is 8.93. The van der Waals surface area contributed by atoms with E-state index >= 15 is 0 Å². The summed E-state index contributed by atoms with van der Waals surface area (Å²) in [5.74, 6) is -0.0323. The van der Waals surface area contributed by atoms with Crippen LogP contribution in [0.3, 0.4) is 0 Å². The molecule has 0 saturated heterocycles. The SMILES string of the molecule is Cc1cccc(CN2CC=C(C(=O)Nc3ccc(C)c(Cl)c3)CC2)c1. The fourth-order valence-electron chi connectivity index (χ4n) is 3.01. The van der Waals surface area contributed by atoms with E-state index in [4.69, 9.17) is 11.6 Å². The first-order chi connectivity index (χ1) is 12.0. The van der Waals surface area contributed by atoms with E-state index in [1.165, 1.54) is 11.1 Å². The van der Waals surface area contributed by atoms with Crippen molar-refractivity contribution in [1.29, 1.82) is 0 Å². The van der Waals surface area contributed by atoms with Gasteiger partial charge in [-0.2, -0.15) is 0 Å². The van der Waals surface area contributed by atoms with Gasteiger partial charge in [-0.1, -0.05) is 53.6 Å². The van der Waals surface area contributed by atoms with Gasteiger partial charge in [0.15, 0.2) is 0 Å². The van der Waals surface area contributed by atoms with Crippen molar-refractivity contribution in [3.63, 3.8) is 0 Å². The van der Waals surface area contributed by atoms with Crippen molar-refractivity contribution in [3.05, 3.63) is 75.8 Å². The molecule has 2 aromatic rings. The molecule has 0 radical (unpaired) electrons. The second kappa shape index (κ2) is 7.85. The minimum Gasteiger partial charge on any atom is -0.322 e. The van der Waals surface area contributed by atoms with E-state index in [0.29, 0.717) is 5.02 Å². The molecular weight excluding hydrogens is 332 g/mol. The fourth-order valence-corrected chi connectivity index (χ4v) is 3.19. The molecule has 1 N–H and O–H groups in total. The molecule has 0 aromatic heterocycles. The number of carbonyl (C=O) groups excluding carboxylic acids is 1. The first kappa shape index (κ1) is 17.7. The number of nitrogens with zero attached hydrogens (tertiary/aromatic N) is 1. The van der Waals surface area contributed by atoms with Gasteiger partial charge in [0.05, 0.1) is 0 Å². The number of anilines is 1. The Morgan fingerprint density at radius 3 is 2.72 bits per heavy atom. The molecule has 0 saturated carbocycles. The van der Waals surface area contributed by atoms with E-state index in [1.54, 1.807) is 6.07 Å². The van der Waals surface area contributed by atoms with Crippen LogP contribution in [0, 0.1) is 13.8 Å². The van der Waals surface area contributed by atoms with Gasteiger partial charge >= 0.3 is 0 Å². The highest BCUT2D eigenvalue weighted by Gasteiger charge is 2.17. The lowest BCUT2D eigenvalue weighted by Gasteiger charge is -2.26. The summed E-state index contributed by atoms with van der Waals surface area (Å²) in [6.45, 7) is 6.66. The maximum atomic E-state index is 12.4. The number of hydrogen-bond donors (Lipinski definition) is 1. The number of nitrogens with one attached hydrogen (secondary N) is 1. The zero-order valence-corrected chi connectivity index (χ0v) is 15.4. The molecule has 4 heteroatoms. The molecule has 2 aromatic carbocycles. The predicted molar refractivity (Wildman–Crippen MR) is 104 cm³/mol. The van der Waals surface area contributed by atoms with Crippen LogP contribution < -0.4 is 5.32 Å². The average molecular weight is 355 g/mol. The Kier molecular flexibility index (Phi) is 5.57. The summed E-state index contributed by atoms with van der Waals surface area (Å²) in [6, 6.07) is 14.2. The van der Waals surface area contributed by atoms with Crippen molar-refractivity contribution in [3.8, 4) is 0 Å². The normalized spacial score (nSPS) is 14.9. The van der Waals surface area contributed by atoms with E-state index in [0.717, 1.165) is 42.9 Å². The Morgan fingerprint density at radius 2 is 2.04 bits per heavy atom. The highest BCUT2D eigenvalue weighted by Crippen LogP contribution is 2.21. The third-order valence-electron chi connectivity index (χ3n) is 4.50. The molecule has 130 valence electrons. The lowest BCUT2D eigenvalue weighted by Crippen LogP contribution is -2.31. The maximum absolute atomic E-state index is 12.4. The zero-order chi connectivity index (χ0) is 17.8. The zero-order valence-electron chi connectivity index (χ0n) is 14.7. The number of amides is 1. The Hall–Kier alpha value is -2.10. The van der Waals surface area contributed by atoms with Crippen molar-refractivity contribution in [1.82, 2.24) is 4.90 Å². The third kappa shape index (κ3) is 4.71. The monoisotopic (exact) mass is 354 g/mol. The Labute approximate surface area is 154 Å². The highest BCUT2D eigenvalue weighted by molar-refractivity contribution is 6.31. The number of aryl methyl sites for hydroxylation is 2. The summed E-state index contributed by atoms with van der Waals surface area (Å²) in [5, 5.41) is 3.61. The average Bonchev–Trinajstić information content (AvgIpc) is 2.59. The maximum Gasteiger partial charge on any atom is 0.251 e. The third-order valence-corrected chi connectivity index (χ3v) is 4.91. The van der Waals surface area contributed by atoms with Gasteiger partial charge in [0.2, 0.25) is 0 Å². The smallest absolute Gasteiger partial charge is 0.251 e. The fraction of sp³-hybridized carbons (Fsp3) is 0.286. The van der Waals surface area contributed by atoms with Crippen LogP contribution in [0.1, 0.15) is 23.1 Å². The molecule has 0 aliphatic carbocycles. The van der Waals surface area contributed by atoms with Crippen LogP contribution >= 0.6 is 11.6 Å². The summed E-state index contributed by atoms with van der Waals surface area (Å²) in [5.41, 5.74) is 5.18. The molecule has 1 aliphatic heterocycles. The number of halogens is 1. The molecule has 3 nitrogen and oxygen atoms in total.